The number of nitrogens with zero attached hydrogens (tertiary/aromatic N) is 1. The Morgan fingerprint density at radius 2 is 2.38 bits per heavy atom. The van der Waals surface area contributed by atoms with Gasteiger partial charge < -0.3 is 5.32 Å². The Balaban J connectivity index is 2.50. The molecule has 0 amide bonds. The van der Waals surface area contributed by atoms with Crippen LogP contribution in [0.5, 0.6) is 0 Å². The highest BCUT2D eigenvalue weighted by molar-refractivity contribution is 7.09. The molecule has 1 aromatic rings. The molecule has 1 rings (SSSR count). The molecule has 88 valence electrons. The quantitative estimate of drug-likeness (QED) is 0.768. The van der Waals surface area contributed by atoms with E-state index in [1.54, 1.807) is 11.3 Å². The number of thiazole rings is 1. The molecular formula is C13H20N2S. The van der Waals surface area contributed by atoms with E-state index in [2.05, 4.69) is 41.4 Å². The van der Waals surface area contributed by atoms with Crippen molar-refractivity contribution in [2.75, 3.05) is 6.54 Å². The van der Waals surface area contributed by atoms with E-state index in [9.17, 15) is 0 Å². The summed E-state index contributed by atoms with van der Waals surface area (Å²) >= 11 is 1.72. The first-order valence-corrected chi connectivity index (χ1v) is 6.68. The second-order valence-electron chi connectivity index (χ2n) is 3.84. The van der Waals surface area contributed by atoms with Crippen LogP contribution in [0.15, 0.2) is 5.38 Å². The van der Waals surface area contributed by atoms with Gasteiger partial charge in [-0.15, -0.1) is 23.2 Å². The zero-order valence-electron chi connectivity index (χ0n) is 10.3. The van der Waals surface area contributed by atoms with Gasteiger partial charge in [0.2, 0.25) is 0 Å². The molecule has 1 atom stereocenters. The molecule has 1 aromatic heterocycles. The van der Waals surface area contributed by atoms with Crippen LogP contribution in [0.25, 0.3) is 0 Å². The lowest BCUT2D eigenvalue weighted by molar-refractivity contribution is 0.513. The van der Waals surface area contributed by atoms with Gasteiger partial charge in [0.05, 0.1) is 10.7 Å². The molecule has 0 aromatic carbocycles. The topological polar surface area (TPSA) is 24.9 Å². The number of hydrogen-bond donors (Lipinski definition) is 1. The van der Waals surface area contributed by atoms with Gasteiger partial charge in [0.1, 0.15) is 0 Å². The molecule has 0 radical (unpaired) electrons. The van der Waals surface area contributed by atoms with E-state index in [0.717, 1.165) is 30.8 Å². The normalized spacial score (nSPS) is 11.9. The minimum Gasteiger partial charge on any atom is -0.313 e. The molecule has 1 unspecified atom stereocenters. The smallest absolute Gasteiger partial charge is 0.0897 e. The average molecular weight is 236 g/mol. The molecule has 0 saturated carbocycles. The van der Waals surface area contributed by atoms with Crippen molar-refractivity contribution in [1.82, 2.24) is 10.3 Å². The molecule has 0 bridgehead atoms. The SMILES string of the molecule is CC#CCC(Cc1csc(C)n1)NCCC. The molecule has 0 spiro atoms. The van der Waals surface area contributed by atoms with Crippen LogP contribution >= 0.6 is 11.3 Å². The highest BCUT2D eigenvalue weighted by Gasteiger charge is 2.09. The van der Waals surface area contributed by atoms with E-state index < -0.39 is 0 Å². The molecule has 0 aliphatic carbocycles. The van der Waals surface area contributed by atoms with Gasteiger partial charge in [-0.2, -0.15) is 0 Å². The van der Waals surface area contributed by atoms with Crippen LogP contribution in [-0.2, 0) is 6.42 Å². The van der Waals surface area contributed by atoms with Crippen molar-refractivity contribution >= 4 is 11.3 Å². The number of rotatable bonds is 6. The lowest BCUT2D eigenvalue weighted by Gasteiger charge is -2.14. The number of nitrogens with one attached hydrogen (secondary N) is 1. The Morgan fingerprint density at radius 1 is 1.56 bits per heavy atom. The van der Waals surface area contributed by atoms with E-state index in [1.165, 1.54) is 5.69 Å². The summed E-state index contributed by atoms with van der Waals surface area (Å²) in [6.45, 7) is 7.18. The van der Waals surface area contributed by atoms with Gasteiger partial charge in [0.25, 0.3) is 0 Å². The summed E-state index contributed by atoms with van der Waals surface area (Å²) in [7, 11) is 0. The summed E-state index contributed by atoms with van der Waals surface area (Å²) in [6.07, 6.45) is 3.05. The fraction of sp³-hybridized carbons (Fsp3) is 0.615. The summed E-state index contributed by atoms with van der Waals surface area (Å²) in [5, 5.41) is 6.82. The molecule has 3 heteroatoms. The maximum atomic E-state index is 4.50. The van der Waals surface area contributed by atoms with Crippen molar-refractivity contribution in [3.05, 3.63) is 16.1 Å². The Bertz CT molecular complexity index is 359. The second-order valence-corrected chi connectivity index (χ2v) is 4.91. The van der Waals surface area contributed by atoms with Crippen LogP contribution in [0.3, 0.4) is 0 Å². The van der Waals surface area contributed by atoms with E-state index in [4.69, 9.17) is 0 Å². The van der Waals surface area contributed by atoms with Crippen molar-refractivity contribution < 1.29 is 0 Å². The van der Waals surface area contributed by atoms with Crippen molar-refractivity contribution in [2.24, 2.45) is 0 Å². The molecule has 0 aliphatic heterocycles. The van der Waals surface area contributed by atoms with Crippen molar-refractivity contribution in [1.29, 1.82) is 0 Å². The molecular weight excluding hydrogens is 216 g/mol. The zero-order chi connectivity index (χ0) is 11.8. The molecule has 0 saturated heterocycles. The van der Waals surface area contributed by atoms with E-state index in [1.807, 2.05) is 6.92 Å². The molecule has 2 nitrogen and oxygen atoms in total. The minimum atomic E-state index is 0.439. The Morgan fingerprint density at radius 3 is 2.94 bits per heavy atom. The first-order chi connectivity index (χ1) is 7.76. The van der Waals surface area contributed by atoms with E-state index in [-0.39, 0.29) is 0 Å². The van der Waals surface area contributed by atoms with Gasteiger partial charge in [-0.3, -0.25) is 0 Å². The van der Waals surface area contributed by atoms with Gasteiger partial charge in [0, 0.05) is 24.3 Å². The Hall–Kier alpha value is -0.850. The van der Waals surface area contributed by atoms with Crippen LogP contribution in [0.4, 0.5) is 0 Å². The van der Waals surface area contributed by atoms with Gasteiger partial charge >= 0.3 is 0 Å². The summed E-state index contributed by atoms with van der Waals surface area (Å²) in [4.78, 5) is 4.50. The minimum absolute atomic E-state index is 0.439. The predicted molar refractivity (Wildman–Crippen MR) is 70.7 cm³/mol. The lowest BCUT2D eigenvalue weighted by Crippen LogP contribution is -2.31. The van der Waals surface area contributed by atoms with Crippen molar-refractivity contribution in [2.45, 2.75) is 46.1 Å². The fourth-order valence-electron chi connectivity index (χ4n) is 1.54. The van der Waals surface area contributed by atoms with Crippen molar-refractivity contribution in [3.63, 3.8) is 0 Å². The summed E-state index contributed by atoms with van der Waals surface area (Å²) < 4.78 is 0. The monoisotopic (exact) mass is 236 g/mol. The van der Waals surface area contributed by atoms with Crippen LogP contribution in [0, 0.1) is 18.8 Å². The standard InChI is InChI=1S/C13H20N2S/c1-4-6-7-12(14-8-5-2)9-13-10-16-11(3)15-13/h10,12,14H,5,7-9H2,1-3H3. The van der Waals surface area contributed by atoms with Crippen molar-refractivity contribution in [3.8, 4) is 11.8 Å². The molecule has 1 heterocycles. The van der Waals surface area contributed by atoms with Gasteiger partial charge in [-0.25, -0.2) is 4.98 Å². The predicted octanol–water partition coefficient (Wildman–Crippen LogP) is 2.78. The zero-order valence-corrected chi connectivity index (χ0v) is 11.2. The third-order valence-electron chi connectivity index (χ3n) is 2.33. The van der Waals surface area contributed by atoms with Crippen LogP contribution < -0.4 is 5.32 Å². The molecule has 0 fully saturated rings. The summed E-state index contributed by atoms with van der Waals surface area (Å²) in [6, 6.07) is 0.439. The summed E-state index contributed by atoms with van der Waals surface area (Å²) in [5.41, 5.74) is 1.19. The maximum Gasteiger partial charge on any atom is 0.0897 e. The highest BCUT2D eigenvalue weighted by Crippen LogP contribution is 2.11. The second kappa shape index (κ2) is 7.43. The maximum absolute atomic E-state index is 4.50. The van der Waals surface area contributed by atoms with E-state index in [0.29, 0.717) is 6.04 Å². The van der Waals surface area contributed by atoms with Crippen LogP contribution in [0.1, 0.15) is 37.4 Å². The number of aromatic nitrogens is 1. The third-order valence-corrected chi connectivity index (χ3v) is 3.15. The Labute approximate surface area is 102 Å². The van der Waals surface area contributed by atoms with Gasteiger partial charge in [0.15, 0.2) is 0 Å². The first kappa shape index (κ1) is 13.2. The first-order valence-electron chi connectivity index (χ1n) is 5.80. The van der Waals surface area contributed by atoms with Gasteiger partial charge in [-0.1, -0.05) is 6.92 Å². The number of aryl methyl sites for hydroxylation is 1. The summed E-state index contributed by atoms with van der Waals surface area (Å²) in [5.74, 6) is 6.11. The van der Waals surface area contributed by atoms with E-state index >= 15 is 0 Å². The highest BCUT2D eigenvalue weighted by atomic mass is 32.1. The fourth-order valence-corrected chi connectivity index (χ4v) is 2.17. The molecule has 16 heavy (non-hydrogen) atoms. The average Bonchev–Trinajstić information content (AvgIpc) is 2.68. The van der Waals surface area contributed by atoms with Crippen LogP contribution in [-0.4, -0.2) is 17.6 Å². The third kappa shape index (κ3) is 4.78. The largest absolute Gasteiger partial charge is 0.313 e. The molecule has 0 aliphatic rings. The van der Waals surface area contributed by atoms with Gasteiger partial charge in [-0.05, 0) is 26.8 Å². The van der Waals surface area contributed by atoms with Crippen LogP contribution in [0.2, 0.25) is 0 Å². The Kier molecular flexibility index (Phi) is 6.14. The molecule has 1 N–H and O–H groups in total. The number of hydrogen-bond acceptors (Lipinski definition) is 3. The lowest BCUT2D eigenvalue weighted by atomic mass is 10.1.